The Hall–Kier alpha value is -1.35. The largest absolute Gasteiger partial charge is 0.354 e. The molecule has 4 bridgehead atoms. The van der Waals surface area contributed by atoms with Crippen molar-refractivity contribution in [3.05, 3.63) is 35.4 Å². The maximum absolute atomic E-state index is 13.1. The van der Waals surface area contributed by atoms with E-state index in [0.717, 1.165) is 44.2 Å². The highest BCUT2D eigenvalue weighted by Gasteiger charge is 2.60. The minimum Gasteiger partial charge on any atom is -0.354 e. The van der Waals surface area contributed by atoms with Gasteiger partial charge in [0.15, 0.2) is 0 Å². The molecule has 4 saturated carbocycles. The number of likely N-dealkylation sites (N-methyl/N-ethyl adjacent to an activating group) is 1. The molecule has 5 rings (SSSR count). The third kappa shape index (κ3) is 2.57. The highest BCUT2D eigenvalue weighted by molar-refractivity contribution is 5.83. The Morgan fingerprint density at radius 3 is 2.38 bits per heavy atom. The summed E-state index contributed by atoms with van der Waals surface area (Å²) in [6.45, 7) is 3.74. The summed E-state index contributed by atoms with van der Waals surface area (Å²) in [4.78, 5) is 13.1. The van der Waals surface area contributed by atoms with Crippen molar-refractivity contribution in [2.75, 3.05) is 20.1 Å². The minimum absolute atomic E-state index is 0.108. The molecule has 130 valence electrons. The monoisotopic (exact) mass is 326 g/mol. The predicted octanol–water partition coefficient (Wildman–Crippen LogP) is 3.17. The molecule has 0 saturated heterocycles. The average Bonchev–Trinajstić information content (AvgIpc) is 2.54. The molecule has 0 aromatic heterocycles. The van der Waals surface area contributed by atoms with Gasteiger partial charge < -0.3 is 10.6 Å². The highest BCUT2D eigenvalue weighted by Crippen LogP contribution is 2.65. The molecule has 3 heteroatoms. The summed E-state index contributed by atoms with van der Waals surface area (Å²) in [5.74, 6) is 1.80. The number of carbonyl (C=O) groups is 1. The highest BCUT2D eigenvalue weighted by atomic mass is 16.2. The lowest BCUT2D eigenvalue weighted by Gasteiger charge is -2.61. The smallest absolute Gasteiger partial charge is 0.226 e. The molecule has 0 radical (unpaired) electrons. The van der Waals surface area contributed by atoms with Crippen LogP contribution in [0.4, 0.5) is 0 Å². The SMILES string of the molecule is CNCCNC(=O)C12CC3CC(C1)CC(c1ccc(C)cc1)(C3)C2. The molecule has 4 fully saturated rings. The molecule has 1 aromatic carbocycles. The van der Waals surface area contributed by atoms with Crippen molar-refractivity contribution in [2.45, 2.75) is 50.9 Å². The maximum atomic E-state index is 13.1. The Balaban J connectivity index is 1.62. The van der Waals surface area contributed by atoms with Gasteiger partial charge in [0, 0.05) is 13.1 Å². The Labute approximate surface area is 145 Å². The fourth-order valence-electron chi connectivity index (χ4n) is 6.26. The Kier molecular flexibility index (Phi) is 3.95. The second kappa shape index (κ2) is 5.87. The first-order chi connectivity index (χ1) is 11.6. The van der Waals surface area contributed by atoms with Crippen molar-refractivity contribution in [1.29, 1.82) is 0 Å². The van der Waals surface area contributed by atoms with E-state index in [0.29, 0.717) is 5.91 Å². The number of aryl methyl sites for hydroxylation is 1. The van der Waals surface area contributed by atoms with E-state index >= 15 is 0 Å². The Morgan fingerprint density at radius 1 is 1.08 bits per heavy atom. The third-order valence-electron chi connectivity index (χ3n) is 6.87. The number of amides is 1. The third-order valence-corrected chi connectivity index (χ3v) is 6.87. The van der Waals surface area contributed by atoms with Crippen LogP contribution in [0.5, 0.6) is 0 Å². The minimum atomic E-state index is -0.108. The van der Waals surface area contributed by atoms with Crippen LogP contribution in [0.1, 0.15) is 49.7 Å². The fraction of sp³-hybridized carbons (Fsp3) is 0.667. The van der Waals surface area contributed by atoms with Crippen LogP contribution in [0, 0.1) is 24.2 Å². The molecule has 0 aliphatic heterocycles. The van der Waals surface area contributed by atoms with Crippen LogP contribution in [0.15, 0.2) is 24.3 Å². The first-order valence-electron chi connectivity index (χ1n) is 9.55. The summed E-state index contributed by atoms with van der Waals surface area (Å²) in [7, 11) is 1.93. The summed E-state index contributed by atoms with van der Waals surface area (Å²) in [6.07, 6.45) is 7.21. The molecular formula is C21H30N2O. The van der Waals surface area contributed by atoms with Crippen molar-refractivity contribution in [1.82, 2.24) is 10.6 Å². The van der Waals surface area contributed by atoms with Crippen molar-refractivity contribution in [3.63, 3.8) is 0 Å². The molecule has 0 spiro atoms. The summed E-state index contributed by atoms with van der Waals surface area (Å²) < 4.78 is 0. The van der Waals surface area contributed by atoms with Gasteiger partial charge in [0.2, 0.25) is 5.91 Å². The quantitative estimate of drug-likeness (QED) is 0.816. The molecule has 2 N–H and O–H groups in total. The number of hydrogen-bond donors (Lipinski definition) is 2. The van der Waals surface area contributed by atoms with E-state index in [1.807, 2.05) is 7.05 Å². The van der Waals surface area contributed by atoms with Crippen LogP contribution in [-0.4, -0.2) is 26.0 Å². The molecular weight excluding hydrogens is 296 g/mol. The van der Waals surface area contributed by atoms with E-state index in [1.54, 1.807) is 0 Å². The van der Waals surface area contributed by atoms with E-state index in [2.05, 4.69) is 41.8 Å². The van der Waals surface area contributed by atoms with Gasteiger partial charge in [-0.1, -0.05) is 29.8 Å². The number of nitrogens with one attached hydrogen (secondary N) is 2. The lowest BCUT2D eigenvalue weighted by molar-refractivity contribution is -0.149. The van der Waals surface area contributed by atoms with Crippen LogP contribution >= 0.6 is 0 Å². The molecule has 24 heavy (non-hydrogen) atoms. The first-order valence-corrected chi connectivity index (χ1v) is 9.55. The summed E-state index contributed by atoms with van der Waals surface area (Å²) in [6, 6.07) is 9.14. The zero-order chi connectivity index (χ0) is 16.8. The van der Waals surface area contributed by atoms with Gasteiger partial charge in [-0.05, 0) is 75.3 Å². The zero-order valence-corrected chi connectivity index (χ0v) is 15.0. The van der Waals surface area contributed by atoms with Crippen molar-refractivity contribution in [3.8, 4) is 0 Å². The van der Waals surface area contributed by atoms with Crippen LogP contribution in [0.2, 0.25) is 0 Å². The van der Waals surface area contributed by atoms with Gasteiger partial charge in [0.1, 0.15) is 0 Å². The molecule has 1 amide bonds. The van der Waals surface area contributed by atoms with Gasteiger partial charge in [0.05, 0.1) is 5.41 Å². The lowest BCUT2D eigenvalue weighted by Crippen LogP contribution is -2.59. The number of benzene rings is 1. The Morgan fingerprint density at radius 2 is 1.75 bits per heavy atom. The average molecular weight is 326 g/mol. The van der Waals surface area contributed by atoms with Crippen molar-refractivity contribution < 1.29 is 4.79 Å². The molecule has 4 aliphatic rings. The van der Waals surface area contributed by atoms with Gasteiger partial charge in [-0.2, -0.15) is 0 Å². The number of hydrogen-bond acceptors (Lipinski definition) is 2. The van der Waals surface area contributed by atoms with Crippen molar-refractivity contribution in [2.24, 2.45) is 17.3 Å². The maximum Gasteiger partial charge on any atom is 0.226 e. The van der Waals surface area contributed by atoms with E-state index in [1.165, 1.54) is 30.4 Å². The second-order valence-electron chi connectivity index (χ2n) is 8.75. The molecule has 1 aromatic rings. The van der Waals surface area contributed by atoms with Crippen LogP contribution in [-0.2, 0) is 10.2 Å². The predicted molar refractivity (Wildman–Crippen MR) is 96.9 cm³/mol. The van der Waals surface area contributed by atoms with Gasteiger partial charge in [0.25, 0.3) is 0 Å². The van der Waals surface area contributed by atoms with E-state index in [4.69, 9.17) is 0 Å². The first kappa shape index (κ1) is 16.1. The summed E-state index contributed by atoms with van der Waals surface area (Å²) >= 11 is 0. The van der Waals surface area contributed by atoms with Gasteiger partial charge >= 0.3 is 0 Å². The molecule has 4 aliphatic carbocycles. The zero-order valence-electron chi connectivity index (χ0n) is 15.0. The van der Waals surface area contributed by atoms with Crippen LogP contribution in [0.3, 0.4) is 0 Å². The Bertz CT molecular complexity index is 607. The summed E-state index contributed by atoms with van der Waals surface area (Å²) in [5.41, 5.74) is 2.94. The van der Waals surface area contributed by atoms with E-state index in [9.17, 15) is 4.79 Å². The van der Waals surface area contributed by atoms with Crippen LogP contribution < -0.4 is 10.6 Å². The topological polar surface area (TPSA) is 41.1 Å². The summed E-state index contributed by atoms with van der Waals surface area (Å²) in [5, 5.41) is 6.34. The lowest BCUT2D eigenvalue weighted by atomic mass is 9.42. The fourth-order valence-corrected chi connectivity index (χ4v) is 6.26. The van der Waals surface area contributed by atoms with Gasteiger partial charge in [-0.25, -0.2) is 0 Å². The van der Waals surface area contributed by atoms with E-state index < -0.39 is 0 Å². The normalized spacial score (nSPS) is 36.8. The standard InChI is InChI=1S/C21H30N2O/c1-15-3-5-18(6-4-15)20-10-16-9-17(11-20)13-21(12-16,14-20)19(24)23-8-7-22-2/h3-6,16-17,22H,7-14H2,1-2H3,(H,23,24). The number of rotatable bonds is 5. The molecule has 2 atom stereocenters. The molecule has 2 unspecified atom stereocenters. The second-order valence-corrected chi connectivity index (χ2v) is 8.75. The molecule has 0 heterocycles. The van der Waals surface area contributed by atoms with Gasteiger partial charge in [-0.3, -0.25) is 4.79 Å². The van der Waals surface area contributed by atoms with Gasteiger partial charge in [-0.15, -0.1) is 0 Å². The van der Waals surface area contributed by atoms with Crippen molar-refractivity contribution >= 4 is 5.91 Å². The number of carbonyl (C=O) groups excluding carboxylic acids is 1. The molecule has 3 nitrogen and oxygen atoms in total. The van der Waals surface area contributed by atoms with E-state index in [-0.39, 0.29) is 10.8 Å². The van der Waals surface area contributed by atoms with Crippen LogP contribution in [0.25, 0.3) is 0 Å².